The maximum absolute atomic E-state index is 12.9. The van der Waals surface area contributed by atoms with Gasteiger partial charge in [-0.1, -0.05) is 300 Å². The fourth-order valence-corrected chi connectivity index (χ4v) is 9.12. The molecular weight excluding hydrogens is 889 g/mol. The Kier molecular flexibility index (Phi) is 58.2. The summed E-state index contributed by atoms with van der Waals surface area (Å²) in [6, 6.07) is 0. The van der Waals surface area contributed by atoms with E-state index in [1.807, 2.05) is 0 Å². The molecule has 0 rings (SSSR count). The lowest BCUT2D eigenvalue weighted by molar-refractivity contribution is -0.167. The second-order valence-electron chi connectivity index (χ2n) is 21.0. The molecule has 72 heavy (non-hydrogen) atoms. The normalized spacial score (nSPS) is 12.4. The molecule has 0 fully saturated rings. The molecule has 0 amide bonds. The molecule has 0 radical (unpaired) electrons. The zero-order chi connectivity index (χ0) is 52.2. The SMILES string of the molecule is CC/C=C\C/C=C\C/C=C\C/C=C\C/C=C\CCCCCC(=O)OCC(COC(=O)CCCCCCCCCCCCCCCCCCC)OC(=O)CCCCCCCCCCCCCCCCCCCC. The minimum absolute atomic E-state index is 0.0802. The molecule has 0 aromatic heterocycles. The van der Waals surface area contributed by atoms with Crippen LogP contribution < -0.4 is 0 Å². The van der Waals surface area contributed by atoms with E-state index in [2.05, 4.69) is 81.5 Å². The van der Waals surface area contributed by atoms with Crippen LogP contribution in [0.5, 0.6) is 0 Å². The van der Waals surface area contributed by atoms with Crippen molar-refractivity contribution in [3.63, 3.8) is 0 Å². The Morgan fingerprint density at radius 3 is 0.847 bits per heavy atom. The maximum Gasteiger partial charge on any atom is 0.306 e. The van der Waals surface area contributed by atoms with Crippen molar-refractivity contribution in [2.24, 2.45) is 0 Å². The number of unbranched alkanes of at least 4 members (excludes halogenated alkanes) is 36. The number of esters is 3. The van der Waals surface area contributed by atoms with Gasteiger partial charge in [-0.15, -0.1) is 0 Å². The van der Waals surface area contributed by atoms with Gasteiger partial charge in [-0.25, -0.2) is 0 Å². The zero-order valence-corrected chi connectivity index (χ0v) is 47.9. The molecule has 0 saturated heterocycles. The van der Waals surface area contributed by atoms with Crippen molar-refractivity contribution in [3.8, 4) is 0 Å². The highest BCUT2D eigenvalue weighted by Crippen LogP contribution is 2.17. The van der Waals surface area contributed by atoms with E-state index in [4.69, 9.17) is 14.2 Å². The van der Waals surface area contributed by atoms with Crippen molar-refractivity contribution >= 4 is 17.9 Å². The predicted molar refractivity (Wildman–Crippen MR) is 312 cm³/mol. The topological polar surface area (TPSA) is 78.9 Å². The Morgan fingerprint density at radius 1 is 0.292 bits per heavy atom. The Balaban J connectivity index is 4.40. The van der Waals surface area contributed by atoms with Gasteiger partial charge in [0.1, 0.15) is 13.2 Å². The number of rotatable bonds is 57. The van der Waals surface area contributed by atoms with Gasteiger partial charge in [0.25, 0.3) is 0 Å². The first-order valence-corrected chi connectivity index (χ1v) is 31.3. The molecule has 0 aliphatic carbocycles. The summed E-state index contributed by atoms with van der Waals surface area (Å²) in [7, 11) is 0. The van der Waals surface area contributed by atoms with Crippen LogP contribution in [0.3, 0.4) is 0 Å². The molecule has 0 saturated carbocycles. The van der Waals surface area contributed by atoms with Gasteiger partial charge in [-0.05, 0) is 64.2 Å². The Bertz CT molecular complexity index is 1290. The Labute approximate surface area is 447 Å². The molecule has 1 atom stereocenters. The minimum atomic E-state index is -0.785. The number of carbonyl (C=O) groups is 3. The van der Waals surface area contributed by atoms with Crippen molar-refractivity contribution in [1.29, 1.82) is 0 Å². The van der Waals surface area contributed by atoms with Crippen LogP contribution in [0.15, 0.2) is 60.8 Å². The molecular formula is C66H118O6. The number of allylic oxidation sites excluding steroid dienone is 10. The summed E-state index contributed by atoms with van der Waals surface area (Å²) >= 11 is 0. The van der Waals surface area contributed by atoms with Gasteiger partial charge in [0.05, 0.1) is 0 Å². The first-order valence-electron chi connectivity index (χ1n) is 31.3. The first kappa shape index (κ1) is 69.1. The monoisotopic (exact) mass is 1010 g/mol. The van der Waals surface area contributed by atoms with E-state index in [1.54, 1.807) is 0 Å². The molecule has 6 heteroatoms. The second kappa shape index (κ2) is 60.7. The summed E-state index contributed by atoms with van der Waals surface area (Å²) in [5.41, 5.74) is 0. The first-order chi connectivity index (χ1) is 35.5. The van der Waals surface area contributed by atoms with Crippen molar-refractivity contribution < 1.29 is 28.6 Å². The van der Waals surface area contributed by atoms with Gasteiger partial charge < -0.3 is 14.2 Å². The van der Waals surface area contributed by atoms with Gasteiger partial charge >= 0.3 is 17.9 Å². The minimum Gasteiger partial charge on any atom is -0.462 e. The second-order valence-corrected chi connectivity index (χ2v) is 21.0. The predicted octanol–water partition coefficient (Wildman–Crippen LogP) is 21.2. The molecule has 0 heterocycles. The largest absolute Gasteiger partial charge is 0.462 e. The van der Waals surface area contributed by atoms with Gasteiger partial charge in [-0.2, -0.15) is 0 Å². The molecule has 418 valence electrons. The summed E-state index contributed by atoms with van der Waals surface area (Å²) in [5.74, 6) is -0.893. The smallest absolute Gasteiger partial charge is 0.306 e. The molecule has 0 N–H and O–H groups in total. The van der Waals surface area contributed by atoms with E-state index in [0.717, 1.165) is 96.3 Å². The summed E-state index contributed by atoms with van der Waals surface area (Å²) in [5, 5.41) is 0. The van der Waals surface area contributed by atoms with Crippen LogP contribution in [0.2, 0.25) is 0 Å². The van der Waals surface area contributed by atoms with Crippen LogP contribution in [-0.4, -0.2) is 37.2 Å². The van der Waals surface area contributed by atoms with Crippen molar-refractivity contribution in [3.05, 3.63) is 60.8 Å². The van der Waals surface area contributed by atoms with Crippen molar-refractivity contribution in [2.75, 3.05) is 13.2 Å². The van der Waals surface area contributed by atoms with Gasteiger partial charge in [0.2, 0.25) is 0 Å². The lowest BCUT2D eigenvalue weighted by atomic mass is 10.0. The van der Waals surface area contributed by atoms with Crippen molar-refractivity contribution in [1.82, 2.24) is 0 Å². The van der Waals surface area contributed by atoms with E-state index in [9.17, 15) is 14.4 Å². The van der Waals surface area contributed by atoms with E-state index in [-0.39, 0.29) is 31.1 Å². The fourth-order valence-electron chi connectivity index (χ4n) is 9.12. The molecule has 0 bridgehead atoms. The average Bonchev–Trinajstić information content (AvgIpc) is 3.38. The summed E-state index contributed by atoms with van der Waals surface area (Å²) in [6.45, 7) is 6.55. The summed E-state index contributed by atoms with van der Waals surface area (Å²) < 4.78 is 16.9. The average molecular weight is 1010 g/mol. The van der Waals surface area contributed by atoms with Gasteiger partial charge in [-0.3, -0.25) is 14.4 Å². The maximum atomic E-state index is 12.9. The summed E-state index contributed by atoms with van der Waals surface area (Å²) in [4.78, 5) is 38.3. The van der Waals surface area contributed by atoms with Crippen LogP contribution in [0.4, 0.5) is 0 Å². The molecule has 0 aromatic rings. The molecule has 0 aliphatic rings. The lowest BCUT2D eigenvalue weighted by Gasteiger charge is -2.18. The third-order valence-corrected chi connectivity index (χ3v) is 13.8. The van der Waals surface area contributed by atoms with Crippen LogP contribution in [-0.2, 0) is 28.6 Å². The lowest BCUT2D eigenvalue weighted by Crippen LogP contribution is -2.30. The van der Waals surface area contributed by atoms with Gasteiger partial charge in [0, 0.05) is 19.3 Å². The Morgan fingerprint density at radius 2 is 0.542 bits per heavy atom. The summed E-state index contributed by atoms with van der Waals surface area (Å²) in [6.07, 6.45) is 76.5. The van der Waals surface area contributed by atoms with E-state index < -0.39 is 6.10 Å². The number of carbonyl (C=O) groups excluding carboxylic acids is 3. The van der Waals surface area contributed by atoms with Crippen LogP contribution >= 0.6 is 0 Å². The highest BCUT2D eigenvalue weighted by Gasteiger charge is 2.19. The third kappa shape index (κ3) is 58.0. The fraction of sp³-hybridized carbons (Fsp3) is 0.803. The molecule has 0 aromatic carbocycles. The highest BCUT2D eigenvalue weighted by molar-refractivity contribution is 5.71. The van der Waals surface area contributed by atoms with Crippen LogP contribution in [0.25, 0.3) is 0 Å². The zero-order valence-electron chi connectivity index (χ0n) is 47.9. The van der Waals surface area contributed by atoms with E-state index in [0.29, 0.717) is 19.3 Å². The standard InChI is InChI=1S/C66H118O6/c1-4-7-10-13-16-19-22-25-28-31-33-36-38-41-44-47-50-53-56-59-65(68)71-62-63(61-70-64(67)58-55-52-49-46-43-40-37-34-30-27-24-21-18-15-12-9-6-3)72-66(69)60-57-54-51-48-45-42-39-35-32-29-26-23-20-17-14-11-8-5-2/h7,10,16,19,25,28,33,36,41,44,63H,4-6,8-9,11-15,17-18,20-24,26-27,29-32,34-35,37-40,42-43,45-62H2,1-3H3/b10-7-,19-16-,28-25-,36-33-,44-41-. The highest BCUT2D eigenvalue weighted by atomic mass is 16.6. The number of hydrogen-bond acceptors (Lipinski definition) is 6. The molecule has 0 aliphatic heterocycles. The van der Waals surface area contributed by atoms with Gasteiger partial charge in [0.15, 0.2) is 6.10 Å². The van der Waals surface area contributed by atoms with Crippen LogP contribution in [0.1, 0.15) is 323 Å². The number of ether oxygens (including phenoxy) is 3. The molecule has 0 spiro atoms. The van der Waals surface area contributed by atoms with E-state index in [1.165, 1.54) is 186 Å². The number of hydrogen-bond donors (Lipinski definition) is 0. The van der Waals surface area contributed by atoms with E-state index >= 15 is 0 Å². The molecule has 6 nitrogen and oxygen atoms in total. The Hall–Kier alpha value is -2.89. The van der Waals surface area contributed by atoms with Crippen molar-refractivity contribution in [2.45, 2.75) is 329 Å². The van der Waals surface area contributed by atoms with Crippen LogP contribution in [0, 0.1) is 0 Å². The third-order valence-electron chi connectivity index (χ3n) is 13.8. The quantitative estimate of drug-likeness (QED) is 0.0261. The molecule has 1 unspecified atom stereocenters.